The van der Waals surface area contributed by atoms with Gasteiger partial charge in [-0.2, -0.15) is 0 Å². The molecule has 1 fully saturated rings. The lowest BCUT2D eigenvalue weighted by atomic mass is 10.1. The lowest BCUT2D eigenvalue weighted by Crippen LogP contribution is -2.43. The van der Waals surface area contributed by atoms with Crippen molar-refractivity contribution in [1.29, 1.82) is 0 Å². The lowest BCUT2D eigenvalue weighted by molar-refractivity contribution is 0.398. The highest BCUT2D eigenvalue weighted by molar-refractivity contribution is 7.89. The Kier molecular flexibility index (Phi) is 5.09. The largest absolute Gasteiger partial charge is 0.313 e. The van der Waals surface area contributed by atoms with E-state index in [0.29, 0.717) is 6.54 Å². The number of nitrogens with one attached hydrogen (secondary N) is 2. The molecule has 19 heavy (non-hydrogen) atoms. The zero-order valence-electron chi connectivity index (χ0n) is 10.3. The van der Waals surface area contributed by atoms with E-state index < -0.39 is 10.0 Å². The van der Waals surface area contributed by atoms with Gasteiger partial charge in [0.05, 0.1) is 10.0 Å². The van der Waals surface area contributed by atoms with E-state index in [2.05, 4.69) is 10.0 Å². The van der Waals surface area contributed by atoms with Crippen molar-refractivity contribution in [3.05, 3.63) is 28.2 Å². The second-order valence-corrected chi connectivity index (χ2v) is 7.07. The average Bonchev–Trinajstić information content (AvgIpc) is 2.41. The van der Waals surface area contributed by atoms with Crippen LogP contribution in [0.1, 0.15) is 19.3 Å². The monoisotopic (exact) mass is 322 g/mol. The van der Waals surface area contributed by atoms with Gasteiger partial charge in [-0.15, -0.1) is 0 Å². The number of halogens is 2. The fourth-order valence-corrected chi connectivity index (χ4v) is 3.92. The normalized spacial score (nSPS) is 20.4. The van der Waals surface area contributed by atoms with Gasteiger partial charge < -0.3 is 5.32 Å². The van der Waals surface area contributed by atoms with Crippen molar-refractivity contribution in [3.63, 3.8) is 0 Å². The summed E-state index contributed by atoms with van der Waals surface area (Å²) in [6.07, 6.45) is 3.24. The van der Waals surface area contributed by atoms with Gasteiger partial charge in [-0.1, -0.05) is 35.7 Å². The Morgan fingerprint density at radius 2 is 2.11 bits per heavy atom. The zero-order valence-corrected chi connectivity index (χ0v) is 12.7. The van der Waals surface area contributed by atoms with Gasteiger partial charge in [-0.25, -0.2) is 13.1 Å². The summed E-state index contributed by atoms with van der Waals surface area (Å²) < 4.78 is 26.9. The van der Waals surface area contributed by atoms with Crippen LogP contribution >= 0.6 is 23.2 Å². The Morgan fingerprint density at radius 3 is 2.79 bits per heavy atom. The Morgan fingerprint density at radius 1 is 1.32 bits per heavy atom. The molecule has 106 valence electrons. The van der Waals surface area contributed by atoms with E-state index in [1.54, 1.807) is 12.1 Å². The summed E-state index contributed by atoms with van der Waals surface area (Å²) in [5.41, 5.74) is 0. The van der Waals surface area contributed by atoms with Crippen molar-refractivity contribution in [3.8, 4) is 0 Å². The van der Waals surface area contributed by atoms with Crippen molar-refractivity contribution in [1.82, 2.24) is 10.0 Å². The van der Waals surface area contributed by atoms with E-state index in [1.165, 1.54) is 6.07 Å². The summed E-state index contributed by atoms with van der Waals surface area (Å²) in [7, 11) is -3.62. The molecule has 2 N–H and O–H groups in total. The molecule has 4 nitrogen and oxygen atoms in total. The summed E-state index contributed by atoms with van der Waals surface area (Å²) in [4.78, 5) is 0.0254. The standard InChI is InChI=1S/C12H16Cl2N2O2S/c13-10-5-3-6-11(12(10)14)19(17,18)16-8-9-4-1-2-7-15-9/h3,5-6,9,15-16H,1-2,4,7-8H2. The first kappa shape index (κ1) is 15.1. The quantitative estimate of drug-likeness (QED) is 0.895. The maximum atomic E-state index is 12.2. The Hall–Kier alpha value is -0.330. The maximum absolute atomic E-state index is 12.2. The zero-order chi connectivity index (χ0) is 13.9. The first-order valence-corrected chi connectivity index (χ1v) is 8.41. The van der Waals surface area contributed by atoms with Crippen LogP contribution in [0.4, 0.5) is 0 Å². The average molecular weight is 323 g/mol. The van der Waals surface area contributed by atoms with Gasteiger partial charge in [-0.3, -0.25) is 0 Å². The highest BCUT2D eigenvalue weighted by Crippen LogP contribution is 2.28. The molecular weight excluding hydrogens is 307 g/mol. The van der Waals surface area contributed by atoms with Gasteiger partial charge in [0.1, 0.15) is 4.90 Å². The molecule has 1 aromatic carbocycles. The topological polar surface area (TPSA) is 58.2 Å². The summed E-state index contributed by atoms with van der Waals surface area (Å²) in [5.74, 6) is 0. The van der Waals surface area contributed by atoms with Crippen molar-refractivity contribution in [2.75, 3.05) is 13.1 Å². The molecule has 0 amide bonds. The molecular formula is C12H16Cl2N2O2S. The molecule has 1 aromatic rings. The van der Waals surface area contributed by atoms with Gasteiger partial charge in [0.2, 0.25) is 10.0 Å². The summed E-state index contributed by atoms with van der Waals surface area (Å²) >= 11 is 11.8. The minimum absolute atomic E-state index is 0.0254. The minimum Gasteiger partial charge on any atom is -0.313 e. The van der Waals surface area contributed by atoms with Crippen molar-refractivity contribution < 1.29 is 8.42 Å². The number of rotatable bonds is 4. The molecule has 0 spiro atoms. The third-order valence-corrected chi connectivity index (χ3v) is 5.53. The fourth-order valence-electron chi connectivity index (χ4n) is 2.08. The van der Waals surface area contributed by atoms with E-state index in [1.807, 2.05) is 0 Å². The maximum Gasteiger partial charge on any atom is 0.242 e. The van der Waals surface area contributed by atoms with E-state index in [4.69, 9.17) is 23.2 Å². The molecule has 7 heteroatoms. The molecule has 2 rings (SSSR count). The lowest BCUT2D eigenvalue weighted by Gasteiger charge is -2.23. The number of sulfonamides is 1. The van der Waals surface area contributed by atoms with Gasteiger partial charge in [0, 0.05) is 12.6 Å². The molecule has 0 aromatic heterocycles. The molecule has 0 saturated carbocycles. The number of hydrogen-bond donors (Lipinski definition) is 2. The van der Waals surface area contributed by atoms with Gasteiger partial charge in [-0.05, 0) is 31.5 Å². The van der Waals surface area contributed by atoms with Gasteiger partial charge >= 0.3 is 0 Å². The van der Waals surface area contributed by atoms with E-state index in [9.17, 15) is 8.42 Å². The summed E-state index contributed by atoms with van der Waals surface area (Å²) in [6, 6.07) is 4.76. The molecule has 0 bridgehead atoms. The first-order valence-electron chi connectivity index (χ1n) is 6.18. The van der Waals surface area contributed by atoms with Crippen molar-refractivity contribution in [2.45, 2.75) is 30.2 Å². The number of benzene rings is 1. The van der Waals surface area contributed by atoms with Crippen LogP contribution in [0.2, 0.25) is 10.0 Å². The van der Waals surface area contributed by atoms with Crippen LogP contribution in [-0.2, 0) is 10.0 Å². The predicted octanol–water partition coefficient (Wildman–Crippen LogP) is 2.41. The first-order chi connectivity index (χ1) is 9.00. The van der Waals surface area contributed by atoms with Crippen LogP contribution in [0, 0.1) is 0 Å². The summed E-state index contributed by atoms with van der Waals surface area (Å²) in [6.45, 7) is 1.30. The van der Waals surface area contributed by atoms with Crippen LogP contribution in [-0.4, -0.2) is 27.5 Å². The molecule has 1 aliphatic heterocycles. The van der Waals surface area contributed by atoms with Gasteiger partial charge in [0.25, 0.3) is 0 Å². The molecule has 1 heterocycles. The van der Waals surface area contributed by atoms with Crippen LogP contribution in [0.5, 0.6) is 0 Å². The molecule has 1 unspecified atom stereocenters. The van der Waals surface area contributed by atoms with E-state index >= 15 is 0 Å². The van der Waals surface area contributed by atoms with Crippen molar-refractivity contribution in [2.24, 2.45) is 0 Å². The van der Waals surface area contributed by atoms with Crippen LogP contribution < -0.4 is 10.0 Å². The van der Waals surface area contributed by atoms with Crippen molar-refractivity contribution >= 4 is 33.2 Å². The predicted molar refractivity (Wildman–Crippen MR) is 77.3 cm³/mol. The van der Waals surface area contributed by atoms with Crippen LogP contribution in [0.15, 0.2) is 23.1 Å². The second kappa shape index (κ2) is 6.41. The van der Waals surface area contributed by atoms with Crippen LogP contribution in [0.25, 0.3) is 0 Å². The highest BCUT2D eigenvalue weighted by Gasteiger charge is 2.21. The summed E-state index contributed by atoms with van der Waals surface area (Å²) in [5, 5.41) is 3.58. The number of hydrogen-bond acceptors (Lipinski definition) is 3. The van der Waals surface area contributed by atoms with E-state index in [0.717, 1.165) is 25.8 Å². The van der Waals surface area contributed by atoms with Crippen LogP contribution in [0.3, 0.4) is 0 Å². The highest BCUT2D eigenvalue weighted by atomic mass is 35.5. The number of piperidine rings is 1. The van der Waals surface area contributed by atoms with Gasteiger partial charge in [0.15, 0.2) is 0 Å². The smallest absolute Gasteiger partial charge is 0.242 e. The molecule has 1 saturated heterocycles. The SMILES string of the molecule is O=S(=O)(NCC1CCCCN1)c1cccc(Cl)c1Cl. The minimum atomic E-state index is -3.62. The third kappa shape index (κ3) is 3.83. The Labute approximate surface area is 123 Å². The van der Waals surface area contributed by atoms with E-state index in [-0.39, 0.29) is 21.0 Å². The molecule has 0 radical (unpaired) electrons. The fraction of sp³-hybridized carbons (Fsp3) is 0.500. The Bertz CT molecular complexity index is 543. The molecule has 1 atom stereocenters. The Balaban J connectivity index is 2.07. The molecule has 1 aliphatic rings. The molecule has 0 aliphatic carbocycles. The third-order valence-electron chi connectivity index (χ3n) is 3.14. The second-order valence-electron chi connectivity index (χ2n) is 4.55.